The number of rotatable bonds is 4. The Kier molecular flexibility index (Phi) is 5.06. The Hall–Kier alpha value is -2.48. The SMILES string of the molecule is CC1CCC2(CC1)NC(=O)N(CC(=O)N(C)[C@@H](C)c1nc3ccccc3s1)C2=O. The van der Waals surface area contributed by atoms with Gasteiger partial charge in [0.1, 0.15) is 17.1 Å². The Balaban J connectivity index is 1.45. The van der Waals surface area contributed by atoms with E-state index in [1.165, 1.54) is 0 Å². The van der Waals surface area contributed by atoms with Crippen molar-refractivity contribution in [1.29, 1.82) is 0 Å². The first-order valence-corrected chi connectivity index (χ1v) is 10.9. The summed E-state index contributed by atoms with van der Waals surface area (Å²) >= 11 is 1.55. The highest BCUT2D eigenvalue weighted by molar-refractivity contribution is 7.18. The molecule has 1 saturated carbocycles. The second-order valence-corrected chi connectivity index (χ2v) is 9.35. The lowest BCUT2D eigenvalue weighted by molar-refractivity contribution is -0.140. The fourth-order valence-electron chi connectivity index (χ4n) is 4.11. The second kappa shape index (κ2) is 7.40. The van der Waals surface area contributed by atoms with E-state index >= 15 is 0 Å². The maximum absolute atomic E-state index is 13.0. The van der Waals surface area contributed by atoms with Crippen LogP contribution in [0, 0.1) is 5.92 Å². The highest BCUT2D eigenvalue weighted by atomic mass is 32.1. The number of amides is 4. The highest BCUT2D eigenvalue weighted by Crippen LogP contribution is 2.36. The number of nitrogens with zero attached hydrogens (tertiary/aromatic N) is 3. The van der Waals surface area contributed by atoms with Crippen molar-refractivity contribution in [3.8, 4) is 0 Å². The monoisotopic (exact) mass is 414 g/mol. The molecule has 2 aliphatic rings. The molecule has 4 amide bonds. The lowest BCUT2D eigenvalue weighted by Crippen LogP contribution is -2.50. The van der Waals surface area contributed by atoms with Gasteiger partial charge >= 0.3 is 6.03 Å². The number of urea groups is 1. The molecule has 1 aliphatic heterocycles. The molecule has 2 fully saturated rings. The Morgan fingerprint density at radius 2 is 2.03 bits per heavy atom. The molecule has 1 saturated heterocycles. The first-order valence-electron chi connectivity index (χ1n) is 10.1. The normalized spacial score (nSPS) is 25.5. The summed E-state index contributed by atoms with van der Waals surface area (Å²) in [5, 5.41) is 3.70. The number of benzene rings is 1. The van der Waals surface area contributed by atoms with Gasteiger partial charge in [0.2, 0.25) is 5.91 Å². The summed E-state index contributed by atoms with van der Waals surface area (Å²) in [4.78, 5) is 45.6. The molecular weight excluding hydrogens is 388 g/mol. The van der Waals surface area contributed by atoms with E-state index in [0.29, 0.717) is 18.8 Å². The first-order chi connectivity index (χ1) is 13.8. The number of nitrogens with one attached hydrogen (secondary N) is 1. The van der Waals surface area contributed by atoms with Crippen LogP contribution in [0.1, 0.15) is 50.6 Å². The highest BCUT2D eigenvalue weighted by Gasteiger charge is 2.52. The minimum Gasteiger partial charge on any atom is -0.335 e. The van der Waals surface area contributed by atoms with Crippen LogP contribution in [0.5, 0.6) is 0 Å². The lowest BCUT2D eigenvalue weighted by atomic mass is 9.77. The number of fused-ring (bicyclic) bond motifs is 1. The van der Waals surface area contributed by atoms with Gasteiger partial charge in [-0.1, -0.05) is 19.1 Å². The van der Waals surface area contributed by atoms with Gasteiger partial charge in [-0.2, -0.15) is 0 Å². The number of imide groups is 1. The zero-order chi connectivity index (χ0) is 20.8. The number of hydrogen-bond acceptors (Lipinski definition) is 5. The van der Waals surface area contributed by atoms with Crippen LogP contribution in [0.3, 0.4) is 0 Å². The van der Waals surface area contributed by atoms with Gasteiger partial charge < -0.3 is 10.2 Å². The number of thiazole rings is 1. The maximum atomic E-state index is 13.0. The smallest absolute Gasteiger partial charge is 0.325 e. The Labute approximate surface area is 174 Å². The van der Waals surface area contributed by atoms with Gasteiger partial charge in [-0.3, -0.25) is 14.5 Å². The lowest BCUT2D eigenvalue weighted by Gasteiger charge is -2.33. The summed E-state index contributed by atoms with van der Waals surface area (Å²) in [5.74, 6) is 0.0204. The summed E-state index contributed by atoms with van der Waals surface area (Å²) < 4.78 is 1.07. The molecule has 1 aromatic carbocycles. The van der Waals surface area contributed by atoms with Crippen molar-refractivity contribution in [3.05, 3.63) is 29.3 Å². The summed E-state index contributed by atoms with van der Waals surface area (Å²) in [6, 6.07) is 7.14. The van der Waals surface area contributed by atoms with Crippen LogP contribution in [0.25, 0.3) is 10.2 Å². The van der Waals surface area contributed by atoms with E-state index in [-0.39, 0.29) is 24.4 Å². The van der Waals surface area contributed by atoms with Crippen LogP contribution < -0.4 is 5.32 Å². The molecule has 1 aromatic heterocycles. The number of para-hydroxylation sites is 1. The van der Waals surface area contributed by atoms with Gasteiger partial charge in [0.15, 0.2) is 0 Å². The molecule has 1 spiro atoms. The summed E-state index contributed by atoms with van der Waals surface area (Å²) in [6.07, 6.45) is 3.09. The Morgan fingerprint density at radius 3 is 2.72 bits per heavy atom. The van der Waals surface area contributed by atoms with Gasteiger partial charge in [0.25, 0.3) is 5.91 Å². The predicted octanol–water partition coefficient (Wildman–Crippen LogP) is 3.32. The number of carbonyl (C=O) groups is 3. The van der Waals surface area contributed by atoms with Gasteiger partial charge in [-0.15, -0.1) is 11.3 Å². The quantitative estimate of drug-likeness (QED) is 0.778. The fraction of sp³-hybridized carbons (Fsp3) is 0.524. The van der Waals surface area contributed by atoms with Gasteiger partial charge in [0, 0.05) is 7.05 Å². The maximum Gasteiger partial charge on any atom is 0.325 e. The average Bonchev–Trinajstić information content (AvgIpc) is 3.24. The Morgan fingerprint density at radius 1 is 1.34 bits per heavy atom. The molecule has 0 radical (unpaired) electrons. The van der Waals surface area contributed by atoms with Crippen molar-refractivity contribution in [1.82, 2.24) is 20.1 Å². The van der Waals surface area contributed by atoms with Crippen LogP contribution in [0.4, 0.5) is 4.79 Å². The minimum absolute atomic E-state index is 0.242. The molecule has 2 aromatic rings. The summed E-state index contributed by atoms with van der Waals surface area (Å²) in [6.45, 7) is 3.83. The van der Waals surface area contributed by atoms with Crippen molar-refractivity contribution in [2.24, 2.45) is 5.92 Å². The number of likely N-dealkylation sites (N-methyl/N-ethyl adjacent to an activating group) is 1. The first kappa shape index (κ1) is 19.8. The molecular formula is C21H26N4O3S. The van der Waals surface area contributed by atoms with Crippen LogP contribution >= 0.6 is 11.3 Å². The molecule has 1 atom stereocenters. The van der Waals surface area contributed by atoms with Crippen molar-refractivity contribution in [2.45, 2.75) is 51.1 Å². The van der Waals surface area contributed by atoms with E-state index in [0.717, 1.165) is 33.0 Å². The van der Waals surface area contributed by atoms with Crippen LogP contribution in [-0.4, -0.2) is 51.8 Å². The third-order valence-corrected chi connectivity index (χ3v) is 7.52. The zero-order valence-electron chi connectivity index (χ0n) is 17.0. The summed E-state index contributed by atoms with van der Waals surface area (Å²) in [7, 11) is 1.69. The standard InChI is InChI=1S/C21H26N4O3S/c1-13-8-10-21(11-9-13)19(27)25(20(28)23-21)12-17(26)24(3)14(2)18-22-15-6-4-5-7-16(15)29-18/h4-7,13-14H,8-12H2,1-3H3,(H,23,28)/t13?,14-,21?/m0/s1. The van der Waals surface area contributed by atoms with Crippen molar-refractivity contribution in [3.63, 3.8) is 0 Å². The number of aromatic nitrogens is 1. The molecule has 0 unspecified atom stereocenters. The van der Waals surface area contributed by atoms with Gasteiger partial charge in [0.05, 0.1) is 16.3 Å². The molecule has 7 nitrogen and oxygen atoms in total. The second-order valence-electron chi connectivity index (χ2n) is 8.29. The third-order valence-electron chi connectivity index (χ3n) is 6.31. The fourth-order valence-corrected chi connectivity index (χ4v) is 5.17. The average molecular weight is 415 g/mol. The minimum atomic E-state index is -0.818. The van der Waals surface area contributed by atoms with Crippen molar-refractivity contribution < 1.29 is 14.4 Å². The molecule has 0 bridgehead atoms. The molecule has 8 heteroatoms. The predicted molar refractivity (Wildman–Crippen MR) is 111 cm³/mol. The van der Waals surface area contributed by atoms with Crippen molar-refractivity contribution >= 4 is 39.4 Å². The van der Waals surface area contributed by atoms with E-state index < -0.39 is 11.6 Å². The molecule has 1 N–H and O–H groups in total. The van der Waals surface area contributed by atoms with E-state index in [1.54, 1.807) is 23.3 Å². The molecule has 29 heavy (non-hydrogen) atoms. The largest absolute Gasteiger partial charge is 0.335 e. The molecule has 4 rings (SSSR count). The van der Waals surface area contributed by atoms with E-state index in [9.17, 15) is 14.4 Å². The number of hydrogen-bond donors (Lipinski definition) is 1. The third kappa shape index (κ3) is 3.50. The van der Waals surface area contributed by atoms with E-state index in [4.69, 9.17) is 0 Å². The van der Waals surface area contributed by atoms with Crippen LogP contribution in [0.15, 0.2) is 24.3 Å². The number of carbonyl (C=O) groups excluding carboxylic acids is 3. The molecule has 1 aliphatic carbocycles. The summed E-state index contributed by atoms with van der Waals surface area (Å²) in [5.41, 5.74) is 0.0870. The zero-order valence-corrected chi connectivity index (χ0v) is 17.8. The van der Waals surface area contributed by atoms with Crippen molar-refractivity contribution in [2.75, 3.05) is 13.6 Å². The van der Waals surface area contributed by atoms with Crippen LogP contribution in [-0.2, 0) is 9.59 Å². The van der Waals surface area contributed by atoms with Crippen LogP contribution in [0.2, 0.25) is 0 Å². The topological polar surface area (TPSA) is 82.6 Å². The molecule has 154 valence electrons. The van der Waals surface area contributed by atoms with Gasteiger partial charge in [-0.25, -0.2) is 9.78 Å². The van der Waals surface area contributed by atoms with Gasteiger partial charge in [-0.05, 0) is 50.7 Å². The Bertz CT molecular complexity index is 931. The van der Waals surface area contributed by atoms with E-state index in [2.05, 4.69) is 17.2 Å². The van der Waals surface area contributed by atoms with E-state index in [1.807, 2.05) is 31.2 Å². The molecule has 2 heterocycles.